The smallest absolute Gasteiger partial charge is 0.247 e. The SMILES string of the molecule is Cc1n[nH]c(C)c1S(=O)(=O)N1CCN(C2CC2)CC1C. The second kappa shape index (κ2) is 4.82. The van der Waals surface area contributed by atoms with Crippen LogP contribution in [0, 0.1) is 13.8 Å². The van der Waals surface area contributed by atoms with Crippen molar-refractivity contribution in [2.45, 2.75) is 50.6 Å². The lowest BCUT2D eigenvalue weighted by Crippen LogP contribution is -2.54. The number of rotatable bonds is 3. The lowest BCUT2D eigenvalue weighted by Gasteiger charge is -2.39. The Morgan fingerprint density at radius 2 is 1.95 bits per heavy atom. The van der Waals surface area contributed by atoms with Gasteiger partial charge in [0.2, 0.25) is 10.0 Å². The normalized spacial score (nSPS) is 26.1. The Kier molecular flexibility index (Phi) is 3.38. The third kappa shape index (κ3) is 2.27. The molecule has 0 bridgehead atoms. The predicted octanol–water partition coefficient (Wildman–Crippen LogP) is 0.884. The Hall–Kier alpha value is -0.920. The molecule has 6 nitrogen and oxygen atoms in total. The molecule has 0 aromatic carbocycles. The number of nitrogens with one attached hydrogen (secondary N) is 1. The van der Waals surface area contributed by atoms with Gasteiger partial charge in [0.05, 0.1) is 11.4 Å². The molecule has 1 N–H and O–H groups in total. The quantitative estimate of drug-likeness (QED) is 0.899. The predicted molar refractivity (Wildman–Crippen MR) is 76.0 cm³/mol. The second-order valence-electron chi connectivity index (χ2n) is 5.95. The maximum absolute atomic E-state index is 12.8. The molecule has 0 amide bonds. The summed E-state index contributed by atoms with van der Waals surface area (Å²) >= 11 is 0. The molecule has 2 fully saturated rings. The number of hydrogen-bond acceptors (Lipinski definition) is 4. The summed E-state index contributed by atoms with van der Waals surface area (Å²) in [6.07, 6.45) is 2.53. The number of piperazine rings is 1. The maximum Gasteiger partial charge on any atom is 0.247 e. The third-order valence-corrected chi connectivity index (χ3v) is 6.57. The highest BCUT2D eigenvalue weighted by atomic mass is 32.2. The first-order valence-electron chi connectivity index (χ1n) is 7.18. The first-order chi connectivity index (χ1) is 9.41. The third-order valence-electron chi connectivity index (χ3n) is 4.29. The number of aryl methyl sites for hydroxylation is 2. The Labute approximate surface area is 120 Å². The largest absolute Gasteiger partial charge is 0.297 e. The zero-order valence-corrected chi connectivity index (χ0v) is 13.1. The number of aromatic nitrogens is 2. The highest BCUT2D eigenvalue weighted by molar-refractivity contribution is 7.89. The van der Waals surface area contributed by atoms with Crippen LogP contribution in [0.1, 0.15) is 31.2 Å². The second-order valence-corrected chi connectivity index (χ2v) is 7.78. The average Bonchev–Trinajstić information content (AvgIpc) is 3.15. The molecule has 2 heterocycles. The molecule has 1 saturated heterocycles. The summed E-state index contributed by atoms with van der Waals surface area (Å²) in [6.45, 7) is 7.74. The molecule has 112 valence electrons. The summed E-state index contributed by atoms with van der Waals surface area (Å²) in [5, 5.41) is 6.78. The van der Waals surface area contributed by atoms with E-state index in [0.29, 0.717) is 28.9 Å². The number of sulfonamides is 1. The highest BCUT2D eigenvalue weighted by Crippen LogP contribution is 2.31. The van der Waals surface area contributed by atoms with Crippen LogP contribution < -0.4 is 0 Å². The molecule has 3 rings (SSSR count). The fourth-order valence-corrected chi connectivity index (χ4v) is 5.08. The van der Waals surface area contributed by atoms with Crippen LogP contribution in [0.5, 0.6) is 0 Å². The van der Waals surface area contributed by atoms with Crippen molar-refractivity contribution in [3.8, 4) is 0 Å². The number of nitrogens with zero attached hydrogens (tertiary/aromatic N) is 3. The van der Waals surface area contributed by atoms with Crippen LogP contribution >= 0.6 is 0 Å². The Bertz CT molecular complexity index is 586. The fourth-order valence-electron chi connectivity index (χ4n) is 3.14. The molecule has 0 spiro atoms. The van der Waals surface area contributed by atoms with E-state index in [1.807, 2.05) is 6.92 Å². The molecule has 20 heavy (non-hydrogen) atoms. The molecule has 1 saturated carbocycles. The van der Waals surface area contributed by atoms with Crippen molar-refractivity contribution in [2.75, 3.05) is 19.6 Å². The molecule has 2 aliphatic rings. The van der Waals surface area contributed by atoms with E-state index in [1.165, 1.54) is 12.8 Å². The molecule has 1 aromatic heterocycles. The van der Waals surface area contributed by atoms with Crippen molar-refractivity contribution in [3.63, 3.8) is 0 Å². The fraction of sp³-hybridized carbons (Fsp3) is 0.769. The standard InChI is InChI=1S/C13H22N4O2S/c1-9-8-16(12-4-5-12)6-7-17(9)20(18,19)13-10(2)14-15-11(13)3/h9,12H,4-8H2,1-3H3,(H,14,15). The zero-order valence-electron chi connectivity index (χ0n) is 12.3. The van der Waals surface area contributed by atoms with E-state index in [-0.39, 0.29) is 6.04 Å². The molecule has 1 aromatic rings. The maximum atomic E-state index is 12.8. The van der Waals surface area contributed by atoms with Crippen LogP contribution in [0.4, 0.5) is 0 Å². The van der Waals surface area contributed by atoms with Crippen molar-refractivity contribution in [2.24, 2.45) is 0 Å². The summed E-state index contributed by atoms with van der Waals surface area (Å²) in [4.78, 5) is 2.77. The monoisotopic (exact) mass is 298 g/mol. The minimum Gasteiger partial charge on any atom is -0.297 e. The molecule has 1 aliphatic heterocycles. The average molecular weight is 298 g/mol. The number of aromatic amines is 1. The van der Waals surface area contributed by atoms with Crippen molar-refractivity contribution in [1.29, 1.82) is 0 Å². The van der Waals surface area contributed by atoms with Crippen LogP contribution in [0.2, 0.25) is 0 Å². The van der Waals surface area contributed by atoms with E-state index in [0.717, 1.165) is 13.1 Å². The molecule has 1 atom stereocenters. The van der Waals surface area contributed by atoms with Crippen LogP contribution in [0.3, 0.4) is 0 Å². The van der Waals surface area contributed by atoms with E-state index in [9.17, 15) is 8.42 Å². The molecule has 1 aliphatic carbocycles. The van der Waals surface area contributed by atoms with Gasteiger partial charge >= 0.3 is 0 Å². The van der Waals surface area contributed by atoms with E-state index < -0.39 is 10.0 Å². The van der Waals surface area contributed by atoms with Gasteiger partial charge < -0.3 is 0 Å². The van der Waals surface area contributed by atoms with Crippen LogP contribution in [-0.2, 0) is 10.0 Å². The van der Waals surface area contributed by atoms with Gasteiger partial charge in [-0.25, -0.2) is 8.42 Å². The van der Waals surface area contributed by atoms with Gasteiger partial charge in [0.25, 0.3) is 0 Å². The topological polar surface area (TPSA) is 69.3 Å². The van der Waals surface area contributed by atoms with E-state index in [1.54, 1.807) is 18.2 Å². The van der Waals surface area contributed by atoms with Gasteiger partial charge in [0.1, 0.15) is 4.90 Å². The zero-order chi connectivity index (χ0) is 14.5. The molecule has 1 unspecified atom stereocenters. The molecular formula is C13H22N4O2S. The minimum absolute atomic E-state index is 0.0167. The lowest BCUT2D eigenvalue weighted by atomic mass is 10.2. The van der Waals surface area contributed by atoms with Crippen molar-refractivity contribution >= 4 is 10.0 Å². The molecular weight excluding hydrogens is 276 g/mol. The van der Waals surface area contributed by atoms with Crippen LogP contribution in [-0.4, -0.2) is 59.5 Å². The van der Waals surface area contributed by atoms with Gasteiger partial charge in [-0.1, -0.05) is 0 Å². The molecule has 7 heteroatoms. The molecule has 0 radical (unpaired) electrons. The summed E-state index contributed by atoms with van der Waals surface area (Å²) in [5.41, 5.74) is 1.18. The summed E-state index contributed by atoms with van der Waals surface area (Å²) < 4.78 is 27.3. The van der Waals surface area contributed by atoms with Crippen LogP contribution in [0.25, 0.3) is 0 Å². The Morgan fingerprint density at radius 3 is 2.45 bits per heavy atom. The van der Waals surface area contributed by atoms with Gasteiger partial charge in [-0.2, -0.15) is 9.40 Å². The Balaban J connectivity index is 1.85. The number of hydrogen-bond donors (Lipinski definition) is 1. The van der Waals surface area contributed by atoms with E-state index >= 15 is 0 Å². The first kappa shape index (κ1) is 14.0. The highest BCUT2D eigenvalue weighted by Gasteiger charge is 2.39. The Morgan fingerprint density at radius 1 is 1.25 bits per heavy atom. The first-order valence-corrected chi connectivity index (χ1v) is 8.62. The van der Waals surface area contributed by atoms with E-state index in [2.05, 4.69) is 15.1 Å². The summed E-state index contributed by atoms with van der Waals surface area (Å²) in [6, 6.07) is 0.711. The van der Waals surface area contributed by atoms with Gasteiger partial charge in [-0.3, -0.25) is 10.00 Å². The number of H-pyrrole nitrogens is 1. The van der Waals surface area contributed by atoms with Gasteiger partial charge in [-0.05, 0) is 33.6 Å². The summed E-state index contributed by atoms with van der Waals surface area (Å²) in [7, 11) is -3.45. The van der Waals surface area contributed by atoms with Gasteiger partial charge in [0.15, 0.2) is 0 Å². The lowest BCUT2D eigenvalue weighted by molar-refractivity contribution is 0.137. The van der Waals surface area contributed by atoms with E-state index in [4.69, 9.17) is 0 Å². The van der Waals surface area contributed by atoms with Crippen molar-refractivity contribution in [1.82, 2.24) is 19.4 Å². The minimum atomic E-state index is -3.45. The van der Waals surface area contributed by atoms with Crippen molar-refractivity contribution in [3.05, 3.63) is 11.4 Å². The summed E-state index contributed by atoms with van der Waals surface area (Å²) in [5.74, 6) is 0. The van der Waals surface area contributed by atoms with Gasteiger partial charge in [-0.15, -0.1) is 0 Å². The van der Waals surface area contributed by atoms with Gasteiger partial charge in [0, 0.05) is 31.7 Å². The van der Waals surface area contributed by atoms with Crippen molar-refractivity contribution < 1.29 is 8.42 Å². The van der Waals surface area contributed by atoms with Crippen LogP contribution in [0.15, 0.2) is 4.90 Å².